The molecule has 0 saturated heterocycles. The molecule has 1 N–H and O–H groups in total. The summed E-state index contributed by atoms with van der Waals surface area (Å²) in [7, 11) is 1.70. The Morgan fingerprint density at radius 3 is 2.71 bits per heavy atom. The summed E-state index contributed by atoms with van der Waals surface area (Å²) in [5, 5.41) is 3.35. The van der Waals surface area contributed by atoms with Gasteiger partial charge in [0.25, 0.3) is 0 Å². The van der Waals surface area contributed by atoms with Crippen molar-refractivity contribution in [2.75, 3.05) is 19.0 Å². The van der Waals surface area contributed by atoms with Gasteiger partial charge in [-0.3, -0.25) is 0 Å². The van der Waals surface area contributed by atoms with Gasteiger partial charge in [0.15, 0.2) is 0 Å². The fourth-order valence-electron chi connectivity index (χ4n) is 1.16. The van der Waals surface area contributed by atoms with Gasteiger partial charge in [-0.15, -0.1) is 0 Å². The Hall–Kier alpha value is -0.0600. The molecule has 1 rings (SSSR count). The molecule has 1 aromatic rings. The van der Waals surface area contributed by atoms with Gasteiger partial charge in [0, 0.05) is 27.8 Å². The van der Waals surface area contributed by atoms with E-state index in [-0.39, 0.29) is 0 Å². The van der Waals surface area contributed by atoms with E-state index >= 15 is 0 Å². The van der Waals surface area contributed by atoms with Crippen LogP contribution in [0.25, 0.3) is 0 Å². The summed E-state index contributed by atoms with van der Waals surface area (Å²) in [6.45, 7) is 2.78. The maximum atomic E-state index is 5.05. The summed E-state index contributed by atoms with van der Waals surface area (Å²) in [5.41, 5.74) is 1.08. The van der Waals surface area contributed by atoms with Crippen LogP contribution >= 0.6 is 31.9 Å². The van der Waals surface area contributed by atoms with Gasteiger partial charge in [-0.05, 0) is 41.1 Å². The molecular weight excluding hydrogens is 310 g/mol. The normalized spacial score (nSPS) is 12.6. The van der Waals surface area contributed by atoms with E-state index in [1.54, 1.807) is 7.11 Å². The first-order chi connectivity index (χ1) is 6.63. The lowest BCUT2D eigenvalue weighted by Crippen LogP contribution is -2.20. The largest absolute Gasteiger partial charge is 0.383 e. The molecule has 0 aliphatic rings. The zero-order chi connectivity index (χ0) is 10.6. The Bertz CT molecular complexity index is 304. The van der Waals surface area contributed by atoms with E-state index in [4.69, 9.17) is 4.74 Å². The second kappa shape index (κ2) is 5.73. The predicted octanol–water partition coefficient (Wildman–Crippen LogP) is 3.66. The summed E-state index contributed by atoms with van der Waals surface area (Å²) < 4.78 is 7.17. The summed E-state index contributed by atoms with van der Waals surface area (Å²) in [5.74, 6) is 0. The van der Waals surface area contributed by atoms with Crippen LogP contribution in [0.15, 0.2) is 27.1 Å². The highest BCUT2D eigenvalue weighted by Crippen LogP contribution is 2.26. The molecule has 0 aliphatic carbocycles. The summed E-state index contributed by atoms with van der Waals surface area (Å²) >= 11 is 6.90. The van der Waals surface area contributed by atoms with E-state index in [0.717, 1.165) is 14.6 Å². The highest BCUT2D eigenvalue weighted by atomic mass is 79.9. The number of anilines is 1. The van der Waals surface area contributed by atoms with Crippen LogP contribution in [0.5, 0.6) is 0 Å². The second-order valence-electron chi connectivity index (χ2n) is 3.12. The van der Waals surface area contributed by atoms with Crippen LogP contribution in [0.3, 0.4) is 0 Å². The standard InChI is InChI=1S/C10H13Br2NO/c1-7(6-14-2)13-10-4-3-8(11)5-9(10)12/h3-5,7,13H,6H2,1-2H3. The monoisotopic (exact) mass is 321 g/mol. The van der Waals surface area contributed by atoms with Crippen LogP contribution < -0.4 is 5.32 Å². The SMILES string of the molecule is COCC(C)Nc1ccc(Br)cc1Br. The molecule has 0 radical (unpaired) electrons. The molecule has 1 aromatic carbocycles. The highest BCUT2D eigenvalue weighted by molar-refractivity contribution is 9.11. The zero-order valence-corrected chi connectivity index (χ0v) is 11.4. The average molecular weight is 323 g/mol. The number of methoxy groups -OCH3 is 1. The average Bonchev–Trinajstić information content (AvgIpc) is 2.10. The number of rotatable bonds is 4. The number of hydrogen-bond acceptors (Lipinski definition) is 2. The van der Waals surface area contributed by atoms with Crippen molar-refractivity contribution >= 4 is 37.5 Å². The third kappa shape index (κ3) is 3.59. The molecule has 0 aromatic heterocycles. The summed E-state index contributed by atoms with van der Waals surface area (Å²) in [6.07, 6.45) is 0. The Morgan fingerprint density at radius 2 is 2.14 bits per heavy atom. The van der Waals surface area contributed by atoms with E-state index in [2.05, 4.69) is 44.1 Å². The highest BCUT2D eigenvalue weighted by Gasteiger charge is 2.04. The molecule has 0 heterocycles. The topological polar surface area (TPSA) is 21.3 Å². The maximum Gasteiger partial charge on any atom is 0.0661 e. The maximum absolute atomic E-state index is 5.05. The van der Waals surface area contributed by atoms with E-state index in [1.807, 2.05) is 18.2 Å². The molecule has 0 bridgehead atoms. The fraction of sp³-hybridized carbons (Fsp3) is 0.400. The molecule has 0 saturated carbocycles. The van der Waals surface area contributed by atoms with Gasteiger partial charge in [-0.2, -0.15) is 0 Å². The van der Waals surface area contributed by atoms with Crippen molar-refractivity contribution in [3.05, 3.63) is 27.1 Å². The van der Waals surface area contributed by atoms with Gasteiger partial charge in [-0.25, -0.2) is 0 Å². The molecule has 78 valence electrons. The van der Waals surface area contributed by atoms with Crippen molar-refractivity contribution < 1.29 is 4.74 Å². The lowest BCUT2D eigenvalue weighted by Gasteiger charge is -2.15. The Kier molecular flexibility index (Phi) is 4.92. The van der Waals surface area contributed by atoms with Crippen molar-refractivity contribution in [3.8, 4) is 0 Å². The van der Waals surface area contributed by atoms with Gasteiger partial charge in [0.1, 0.15) is 0 Å². The van der Waals surface area contributed by atoms with Crippen LogP contribution in [-0.4, -0.2) is 19.8 Å². The molecule has 0 amide bonds. The molecule has 0 fully saturated rings. The van der Waals surface area contributed by atoms with Crippen LogP contribution in [0.4, 0.5) is 5.69 Å². The molecule has 1 atom stereocenters. The van der Waals surface area contributed by atoms with Crippen molar-refractivity contribution in [1.82, 2.24) is 0 Å². The summed E-state index contributed by atoms with van der Waals surface area (Å²) in [6, 6.07) is 6.35. The van der Waals surface area contributed by atoms with E-state index in [9.17, 15) is 0 Å². The van der Waals surface area contributed by atoms with E-state index in [0.29, 0.717) is 12.6 Å². The molecule has 2 nitrogen and oxygen atoms in total. The smallest absolute Gasteiger partial charge is 0.0661 e. The summed E-state index contributed by atoms with van der Waals surface area (Å²) in [4.78, 5) is 0. The fourth-order valence-corrected chi connectivity index (χ4v) is 2.33. The minimum absolute atomic E-state index is 0.303. The lowest BCUT2D eigenvalue weighted by atomic mass is 10.3. The van der Waals surface area contributed by atoms with Crippen LogP contribution in [-0.2, 0) is 4.74 Å². The molecule has 4 heteroatoms. The number of hydrogen-bond donors (Lipinski definition) is 1. The van der Waals surface area contributed by atoms with Crippen molar-refractivity contribution in [3.63, 3.8) is 0 Å². The third-order valence-corrected chi connectivity index (χ3v) is 2.90. The van der Waals surface area contributed by atoms with Crippen molar-refractivity contribution in [2.24, 2.45) is 0 Å². The van der Waals surface area contributed by atoms with Crippen molar-refractivity contribution in [2.45, 2.75) is 13.0 Å². The Labute approximate surface area is 101 Å². The van der Waals surface area contributed by atoms with E-state index < -0.39 is 0 Å². The quantitative estimate of drug-likeness (QED) is 0.913. The minimum Gasteiger partial charge on any atom is -0.383 e. The molecule has 14 heavy (non-hydrogen) atoms. The molecular formula is C10H13Br2NO. The Balaban J connectivity index is 2.67. The number of halogens is 2. The van der Waals surface area contributed by atoms with Crippen LogP contribution in [0, 0.1) is 0 Å². The molecule has 1 unspecified atom stereocenters. The van der Waals surface area contributed by atoms with E-state index in [1.165, 1.54) is 0 Å². The first kappa shape index (κ1) is 12.0. The molecule has 0 aliphatic heterocycles. The first-order valence-electron chi connectivity index (χ1n) is 4.34. The van der Waals surface area contributed by atoms with Gasteiger partial charge in [-0.1, -0.05) is 15.9 Å². The second-order valence-corrected chi connectivity index (χ2v) is 4.89. The van der Waals surface area contributed by atoms with Gasteiger partial charge in [0.2, 0.25) is 0 Å². The Morgan fingerprint density at radius 1 is 1.43 bits per heavy atom. The van der Waals surface area contributed by atoms with Crippen molar-refractivity contribution in [1.29, 1.82) is 0 Å². The van der Waals surface area contributed by atoms with Crippen LogP contribution in [0.1, 0.15) is 6.92 Å². The molecule has 0 spiro atoms. The van der Waals surface area contributed by atoms with Gasteiger partial charge in [0.05, 0.1) is 6.61 Å². The predicted molar refractivity (Wildman–Crippen MR) is 66.8 cm³/mol. The number of nitrogens with one attached hydrogen (secondary N) is 1. The van der Waals surface area contributed by atoms with Gasteiger partial charge < -0.3 is 10.1 Å². The zero-order valence-electron chi connectivity index (χ0n) is 8.18. The van der Waals surface area contributed by atoms with Gasteiger partial charge >= 0.3 is 0 Å². The minimum atomic E-state index is 0.303. The number of ether oxygens (including phenoxy) is 1. The lowest BCUT2D eigenvalue weighted by molar-refractivity contribution is 0.190. The third-order valence-electron chi connectivity index (χ3n) is 1.75. The first-order valence-corrected chi connectivity index (χ1v) is 5.92. The number of benzene rings is 1. The van der Waals surface area contributed by atoms with Crippen LogP contribution in [0.2, 0.25) is 0 Å².